The van der Waals surface area contributed by atoms with Crippen LogP contribution in [0.3, 0.4) is 0 Å². The average Bonchev–Trinajstić information content (AvgIpc) is 2.79. The van der Waals surface area contributed by atoms with Gasteiger partial charge in [0.25, 0.3) is 0 Å². The Morgan fingerprint density at radius 2 is 1.48 bits per heavy atom. The molecule has 4 nitrogen and oxygen atoms in total. The zero-order valence-corrected chi connectivity index (χ0v) is 18.3. The number of hydrogen-bond donors (Lipinski definition) is 1. The van der Waals surface area contributed by atoms with Gasteiger partial charge in [0, 0.05) is 17.5 Å². The number of ketones is 1. The van der Waals surface area contributed by atoms with Crippen LogP contribution >= 0.6 is 23.8 Å². The molecule has 154 valence electrons. The van der Waals surface area contributed by atoms with Crippen molar-refractivity contribution in [2.24, 2.45) is 0 Å². The Kier molecular flexibility index (Phi) is 5.98. The Bertz CT molecular complexity index is 1180. The number of nitrogens with one attached hydrogen (secondary N) is 1. The third-order valence-corrected chi connectivity index (χ3v) is 5.67. The van der Waals surface area contributed by atoms with Gasteiger partial charge in [-0.05, 0) is 35.5 Å². The number of carbonyl (C=O) groups excluding carboxylic acids is 2. The smallest absolute Gasteiger partial charge is 0.226 e. The number of amides is 1. The van der Waals surface area contributed by atoms with Crippen LogP contribution in [0.1, 0.15) is 34.5 Å². The summed E-state index contributed by atoms with van der Waals surface area (Å²) in [5.74, 6) is -0.441. The standard InChI is InChI=1S/C25H19ClN2O2S/c1-16(29)28-23(18-12-14-20(26)15-13-18)21(24(30)19-10-6-3-7-11-19)22(27-25(28)31)17-8-4-2-5-9-17/h2-15,23H,1H3,(H,27,31). The molecule has 1 N–H and O–H groups in total. The molecule has 0 saturated heterocycles. The lowest BCUT2D eigenvalue weighted by atomic mass is 9.86. The fourth-order valence-electron chi connectivity index (χ4n) is 3.72. The third-order valence-electron chi connectivity index (χ3n) is 5.12. The van der Waals surface area contributed by atoms with Crippen molar-refractivity contribution in [3.05, 3.63) is 112 Å². The Hall–Kier alpha value is -3.28. The largest absolute Gasteiger partial charge is 0.331 e. The summed E-state index contributed by atoms with van der Waals surface area (Å²) in [5.41, 5.74) is 3.13. The number of thiocarbonyl (C=S) groups is 1. The molecule has 1 heterocycles. The van der Waals surface area contributed by atoms with Crippen molar-refractivity contribution in [2.45, 2.75) is 13.0 Å². The minimum absolute atomic E-state index is 0.180. The van der Waals surface area contributed by atoms with E-state index in [-0.39, 0.29) is 16.8 Å². The molecule has 6 heteroatoms. The summed E-state index contributed by atoms with van der Waals surface area (Å²) in [7, 11) is 0. The van der Waals surface area contributed by atoms with E-state index in [2.05, 4.69) is 5.32 Å². The Balaban J connectivity index is 2.01. The molecule has 0 fully saturated rings. The van der Waals surface area contributed by atoms with E-state index in [1.54, 1.807) is 24.3 Å². The highest BCUT2D eigenvalue weighted by molar-refractivity contribution is 7.80. The first-order valence-electron chi connectivity index (χ1n) is 9.73. The summed E-state index contributed by atoms with van der Waals surface area (Å²) in [6, 6.07) is 25.0. The monoisotopic (exact) mass is 446 g/mol. The number of hydrogen-bond acceptors (Lipinski definition) is 3. The van der Waals surface area contributed by atoms with Gasteiger partial charge in [-0.1, -0.05) is 84.4 Å². The van der Waals surface area contributed by atoms with Gasteiger partial charge in [0.05, 0.1) is 17.3 Å². The maximum atomic E-state index is 13.8. The molecule has 3 aromatic rings. The van der Waals surface area contributed by atoms with Gasteiger partial charge in [0.1, 0.15) is 0 Å². The van der Waals surface area contributed by atoms with Crippen molar-refractivity contribution in [1.82, 2.24) is 10.2 Å². The predicted octanol–water partition coefficient (Wildman–Crippen LogP) is 5.41. The normalized spacial score (nSPS) is 16.1. The van der Waals surface area contributed by atoms with Crippen molar-refractivity contribution in [3.8, 4) is 0 Å². The first kappa shape index (κ1) is 21.0. The molecule has 0 aliphatic carbocycles. The third kappa shape index (κ3) is 4.15. The van der Waals surface area contributed by atoms with Crippen molar-refractivity contribution in [3.63, 3.8) is 0 Å². The van der Waals surface area contributed by atoms with Crippen LogP contribution in [0.5, 0.6) is 0 Å². The van der Waals surface area contributed by atoms with Gasteiger partial charge in [-0.3, -0.25) is 14.5 Å². The number of carbonyl (C=O) groups is 2. The summed E-state index contributed by atoms with van der Waals surface area (Å²) < 4.78 is 0. The second-order valence-electron chi connectivity index (χ2n) is 7.12. The van der Waals surface area contributed by atoms with Crippen LogP contribution in [0.4, 0.5) is 0 Å². The average molecular weight is 447 g/mol. The molecular weight excluding hydrogens is 428 g/mol. The summed E-state index contributed by atoms with van der Waals surface area (Å²) in [4.78, 5) is 27.9. The summed E-state index contributed by atoms with van der Waals surface area (Å²) in [5, 5.41) is 3.96. The molecule has 31 heavy (non-hydrogen) atoms. The fraction of sp³-hybridized carbons (Fsp3) is 0.0800. The van der Waals surface area contributed by atoms with Crippen LogP contribution in [0.2, 0.25) is 5.02 Å². The van der Waals surface area contributed by atoms with Gasteiger partial charge in [0.15, 0.2) is 10.9 Å². The highest BCUT2D eigenvalue weighted by Gasteiger charge is 2.39. The molecule has 0 bridgehead atoms. The van der Waals surface area contributed by atoms with Crippen LogP contribution in [-0.4, -0.2) is 21.7 Å². The maximum absolute atomic E-state index is 13.8. The Labute approximate surface area is 191 Å². The minimum atomic E-state index is -0.688. The second kappa shape index (κ2) is 8.84. The van der Waals surface area contributed by atoms with Crippen molar-refractivity contribution >= 4 is 46.3 Å². The fourth-order valence-corrected chi connectivity index (χ4v) is 4.18. The van der Waals surface area contributed by atoms with Gasteiger partial charge in [-0.25, -0.2) is 0 Å². The van der Waals surface area contributed by atoms with E-state index in [4.69, 9.17) is 23.8 Å². The number of halogens is 1. The molecule has 3 aromatic carbocycles. The van der Waals surface area contributed by atoms with Crippen LogP contribution in [-0.2, 0) is 4.79 Å². The molecule has 1 aliphatic heterocycles. The molecule has 1 unspecified atom stereocenters. The second-order valence-corrected chi connectivity index (χ2v) is 7.95. The van der Waals surface area contributed by atoms with E-state index in [9.17, 15) is 9.59 Å². The molecule has 0 aromatic heterocycles. The predicted molar refractivity (Wildman–Crippen MR) is 127 cm³/mol. The van der Waals surface area contributed by atoms with E-state index in [1.807, 2.05) is 60.7 Å². The number of benzene rings is 3. The lowest BCUT2D eigenvalue weighted by Gasteiger charge is -2.39. The van der Waals surface area contributed by atoms with Crippen LogP contribution in [0.25, 0.3) is 5.70 Å². The van der Waals surface area contributed by atoms with E-state index in [1.165, 1.54) is 11.8 Å². The lowest BCUT2D eigenvalue weighted by molar-refractivity contribution is -0.126. The Morgan fingerprint density at radius 1 is 0.903 bits per heavy atom. The van der Waals surface area contributed by atoms with Gasteiger partial charge in [-0.15, -0.1) is 0 Å². The topological polar surface area (TPSA) is 49.4 Å². The Morgan fingerprint density at radius 3 is 2.06 bits per heavy atom. The SMILES string of the molecule is CC(=O)N1C(=S)NC(c2ccccc2)=C(C(=O)c2ccccc2)C1c1ccc(Cl)cc1. The zero-order valence-electron chi connectivity index (χ0n) is 16.7. The van der Waals surface area contributed by atoms with Gasteiger partial charge in [-0.2, -0.15) is 0 Å². The first-order valence-corrected chi connectivity index (χ1v) is 10.5. The van der Waals surface area contributed by atoms with Crippen molar-refractivity contribution in [1.29, 1.82) is 0 Å². The number of Topliss-reactive ketones (excluding diaryl/α,β-unsaturated/α-hetero) is 1. The van der Waals surface area contributed by atoms with Crippen molar-refractivity contribution < 1.29 is 9.59 Å². The maximum Gasteiger partial charge on any atom is 0.226 e. The summed E-state index contributed by atoms with van der Waals surface area (Å²) >= 11 is 11.7. The summed E-state index contributed by atoms with van der Waals surface area (Å²) in [6.07, 6.45) is 0. The quantitative estimate of drug-likeness (QED) is 0.430. The van der Waals surface area contributed by atoms with Crippen LogP contribution < -0.4 is 5.32 Å². The number of rotatable bonds is 4. The molecular formula is C25H19ClN2O2S. The molecule has 1 amide bonds. The molecule has 1 atom stereocenters. The van der Waals surface area contributed by atoms with Gasteiger partial charge < -0.3 is 5.32 Å². The number of nitrogens with zero attached hydrogens (tertiary/aromatic N) is 1. The molecule has 0 saturated carbocycles. The molecule has 1 aliphatic rings. The first-order chi connectivity index (χ1) is 15.0. The summed E-state index contributed by atoms with van der Waals surface area (Å²) in [6.45, 7) is 1.44. The van der Waals surface area contributed by atoms with Crippen molar-refractivity contribution in [2.75, 3.05) is 0 Å². The zero-order chi connectivity index (χ0) is 22.0. The van der Waals surface area contributed by atoms with E-state index in [0.717, 1.165) is 11.1 Å². The van der Waals surface area contributed by atoms with E-state index >= 15 is 0 Å². The highest BCUT2D eigenvalue weighted by Crippen LogP contribution is 2.39. The van der Waals surface area contributed by atoms with Crippen LogP contribution in [0.15, 0.2) is 90.5 Å². The highest BCUT2D eigenvalue weighted by atomic mass is 35.5. The van der Waals surface area contributed by atoms with E-state index in [0.29, 0.717) is 21.9 Å². The van der Waals surface area contributed by atoms with Gasteiger partial charge in [0.2, 0.25) is 5.91 Å². The van der Waals surface area contributed by atoms with E-state index < -0.39 is 6.04 Å². The molecule has 0 spiro atoms. The minimum Gasteiger partial charge on any atom is -0.331 e. The molecule has 0 radical (unpaired) electrons. The van der Waals surface area contributed by atoms with Crippen LogP contribution in [0, 0.1) is 0 Å². The van der Waals surface area contributed by atoms with Gasteiger partial charge >= 0.3 is 0 Å². The lowest BCUT2D eigenvalue weighted by Crippen LogP contribution is -2.50. The molecule has 4 rings (SSSR count).